The summed E-state index contributed by atoms with van der Waals surface area (Å²) in [5.41, 5.74) is 0. The molecule has 0 aliphatic carbocycles. The van der Waals surface area contributed by atoms with E-state index in [1.165, 1.54) is 59.9 Å². The van der Waals surface area contributed by atoms with Gasteiger partial charge in [-0.3, -0.25) is 0 Å². The summed E-state index contributed by atoms with van der Waals surface area (Å²) < 4.78 is 18.2. The fourth-order valence-corrected chi connectivity index (χ4v) is 11.9. The fraction of sp³-hybridized carbons (Fsp3) is 1.00. The van der Waals surface area contributed by atoms with Crippen LogP contribution in [-0.4, -0.2) is 50.1 Å². The molecule has 4 nitrogen and oxygen atoms in total. The molecule has 0 aromatic rings. The average Bonchev–Trinajstić information content (AvgIpc) is 2.54. The van der Waals surface area contributed by atoms with E-state index in [1.54, 1.807) is 13.3 Å². The summed E-state index contributed by atoms with van der Waals surface area (Å²) in [6.45, 7) is 7.00. The minimum atomic E-state index is -3.42. The predicted molar refractivity (Wildman–Crippen MR) is 91.7 cm³/mol. The molecule has 6 heteroatoms. The van der Waals surface area contributed by atoms with Crippen molar-refractivity contribution in [2.75, 3.05) is 21.3 Å². The van der Waals surface area contributed by atoms with Gasteiger partial charge in [-0.25, -0.2) is 0 Å². The summed E-state index contributed by atoms with van der Waals surface area (Å²) >= 11 is -0.839. The predicted octanol–water partition coefficient (Wildman–Crippen LogP) is 3.60. The molecular weight excluding hydrogens is 391 g/mol. The van der Waals surface area contributed by atoms with Crippen molar-refractivity contribution in [3.8, 4) is 0 Å². The Morgan fingerprint density at radius 2 is 1.00 bits per heavy atom. The van der Waals surface area contributed by atoms with Gasteiger partial charge in [-0.15, -0.1) is 0 Å². The van der Waals surface area contributed by atoms with Crippen LogP contribution in [0.2, 0.25) is 13.3 Å². The summed E-state index contributed by atoms with van der Waals surface area (Å²) in [5.74, 6) is 0. The van der Waals surface area contributed by atoms with Gasteiger partial charge in [-0.2, -0.15) is 0 Å². The van der Waals surface area contributed by atoms with Crippen LogP contribution in [0.15, 0.2) is 0 Å². The van der Waals surface area contributed by atoms with Crippen molar-refractivity contribution >= 4 is 28.8 Å². The molecule has 0 rings (SSSR count). The van der Waals surface area contributed by atoms with Gasteiger partial charge in [0, 0.05) is 21.3 Å². The maximum atomic E-state index is 10.7. The van der Waals surface area contributed by atoms with Gasteiger partial charge in [0.05, 0.1) is 0 Å². The van der Waals surface area contributed by atoms with Gasteiger partial charge in [0.2, 0.25) is 0 Å². The van der Waals surface area contributed by atoms with E-state index in [9.17, 15) is 4.80 Å². The molecule has 0 aliphatic heterocycles. The molecule has 0 fully saturated rings. The summed E-state index contributed by atoms with van der Waals surface area (Å²) in [7, 11) is 0.389. The molecule has 0 N–H and O–H groups in total. The third kappa shape index (κ3) is 15.5. The Labute approximate surface area is 140 Å². The van der Waals surface area contributed by atoms with Crippen LogP contribution in [-0.2, 0) is 13.3 Å². The maximum absolute atomic E-state index is 10.7. The second-order valence-electron chi connectivity index (χ2n) is 5.17. The van der Waals surface area contributed by atoms with Crippen molar-refractivity contribution in [3.63, 3.8) is 0 Å². The number of rotatable bonds is 12. The van der Waals surface area contributed by atoms with Gasteiger partial charge < -0.3 is 18.1 Å². The zero-order chi connectivity index (χ0) is 16.6. The molecule has 0 atom stereocenters. The number of unbranched alkanes of at least 4 members (excludes halogenated alkanes) is 3. The Kier molecular flexibility index (Phi) is 19.8. The van der Waals surface area contributed by atoms with E-state index in [0.717, 1.165) is 0 Å². The first-order valence-electron chi connectivity index (χ1n) is 8.22. The van der Waals surface area contributed by atoms with Crippen LogP contribution < -0.4 is 4.80 Å². The number of hydrogen-bond acceptors (Lipinski definition) is 4. The Balaban J connectivity index is 0. The molecular formula is C15H36O4SiSn. The molecule has 0 saturated carbocycles. The SMILES string of the molecule is CCC[CH2][Sn+]([CH2]CCC)[CH2]CCC.CO[Si]([O-])(OC)OC. The van der Waals surface area contributed by atoms with E-state index >= 15 is 0 Å². The summed E-state index contributed by atoms with van der Waals surface area (Å²) in [5, 5.41) is 0. The summed E-state index contributed by atoms with van der Waals surface area (Å²) in [6, 6.07) is 0. The van der Waals surface area contributed by atoms with E-state index < -0.39 is 28.8 Å². The van der Waals surface area contributed by atoms with Crippen LogP contribution in [0.25, 0.3) is 0 Å². The van der Waals surface area contributed by atoms with E-state index in [4.69, 9.17) is 0 Å². The molecule has 0 spiro atoms. The quantitative estimate of drug-likeness (QED) is 0.447. The van der Waals surface area contributed by atoms with E-state index in [1.807, 2.05) is 0 Å². The third-order valence-corrected chi connectivity index (χ3v) is 14.0. The zero-order valence-corrected chi connectivity index (χ0v) is 18.9. The van der Waals surface area contributed by atoms with Gasteiger partial charge >= 0.3 is 101 Å². The van der Waals surface area contributed by atoms with Crippen LogP contribution in [0.3, 0.4) is 0 Å². The van der Waals surface area contributed by atoms with Crippen LogP contribution >= 0.6 is 0 Å². The van der Waals surface area contributed by atoms with Crippen molar-refractivity contribution < 1.29 is 18.1 Å². The van der Waals surface area contributed by atoms with Crippen LogP contribution in [0.1, 0.15) is 59.3 Å². The summed E-state index contributed by atoms with van der Waals surface area (Å²) in [6.07, 6.45) is 8.85. The van der Waals surface area contributed by atoms with E-state index in [0.29, 0.717) is 0 Å². The first-order valence-corrected chi connectivity index (χ1v) is 15.9. The van der Waals surface area contributed by atoms with Crippen molar-refractivity contribution in [1.29, 1.82) is 0 Å². The monoisotopic (exact) mass is 428 g/mol. The second-order valence-corrected chi connectivity index (χ2v) is 16.0. The minimum absolute atomic E-state index is 0.839. The van der Waals surface area contributed by atoms with Gasteiger partial charge in [0.15, 0.2) is 0 Å². The third-order valence-electron chi connectivity index (χ3n) is 3.40. The van der Waals surface area contributed by atoms with Crippen molar-refractivity contribution in [2.45, 2.75) is 72.6 Å². The second kappa shape index (κ2) is 17.2. The maximum Gasteiger partial charge on any atom is 0.412 e. The van der Waals surface area contributed by atoms with Crippen molar-refractivity contribution in [1.82, 2.24) is 0 Å². The normalized spacial score (nSPS) is 11.0. The van der Waals surface area contributed by atoms with Gasteiger partial charge in [0.25, 0.3) is 0 Å². The fourth-order valence-electron chi connectivity index (χ4n) is 1.91. The topological polar surface area (TPSA) is 50.8 Å². The Hall–Kier alpha value is 0.856. The Morgan fingerprint density at radius 3 is 1.14 bits per heavy atom. The Morgan fingerprint density at radius 1 is 0.714 bits per heavy atom. The van der Waals surface area contributed by atoms with E-state index in [-0.39, 0.29) is 0 Å². The standard InChI is InChI=1S/3C4H9.C3H9O4Si.Sn/c3*1-3-4-2;1-5-8(4,6-2)7-3;/h3*1,3-4H2,2H3;1-3H3;/q;;;-1;+1. The first-order chi connectivity index (χ1) is 10.0. The molecule has 0 aliphatic rings. The van der Waals surface area contributed by atoms with Crippen molar-refractivity contribution in [3.05, 3.63) is 0 Å². The van der Waals surface area contributed by atoms with Gasteiger partial charge in [0.1, 0.15) is 0 Å². The Bertz CT molecular complexity index is 177. The van der Waals surface area contributed by atoms with Crippen molar-refractivity contribution in [2.24, 2.45) is 0 Å². The molecule has 0 bridgehead atoms. The molecule has 0 radical (unpaired) electrons. The molecule has 0 aromatic carbocycles. The van der Waals surface area contributed by atoms with Crippen LogP contribution in [0.4, 0.5) is 0 Å². The minimum Gasteiger partial charge on any atom is -0.793 e. The molecule has 0 amide bonds. The largest absolute Gasteiger partial charge is 0.793 e. The van der Waals surface area contributed by atoms with Crippen LogP contribution in [0, 0.1) is 0 Å². The van der Waals surface area contributed by atoms with E-state index in [2.05, 4.69) is 34.0 Å². The number of hydrogen-bond donors (Lipinski definition) is 0. The summed E-state index contributed by atoms with van der Waals surface area (Å²) in [4.78, 5) is 10.7. The van der Waals surface area contributed by atoms with Crippen LogP contribution in [0.5, 0.6) is 0 Å². The smallest absolute Gasteiger partial charge is 0.412 e. The molecule has 0 saturated heterocycles. The van der Waals surface area contributed by atoms with Gasteiger partial charge in [-0.1, -0.05) is 0 Å². The molecule has 0 aromatic heterocycles. The molecule has 0 unspecified atom stereocenters. The molecule has 21 heavy (non-hydrogen) atoms. The zero-order valence-electron chi connectivity index (χ0n) is 15.0. The van der Waals surface area contributed by atoms with Gasteiger partial charge in [-0.05, 0) is 0 Å². The molecule has 0 heterocycles. The molecule has 128 valence electrons. The average molecular weight is 427 g/mol. The first kappa shape index (κ1) is 24.1.